The first kappa shape index (κ1) is 17.9. The van der Waals surface area contributed by atoms with Crippen LogP contribution >= 0.6 is 0 Å². The Morgan fingerprint density at radius 1 is 1.00 bits per heavy atom. The van der Waals surface area contributed by atoms with Gasteiger partial charge in [-0.2, -0.15) is 5.10 Å². The van der Waals surface area contributed by atoms with Gasteiger partial charge in [0.05, 0.1) is 12.8 Å². The Balaban J connectivity index is 1.55. The number of nitrogens with zero attached hydrogens (tertiary/aromatic N) is 3. The smallest absolute Gasteiger partial charge is 0.211 e. The maximum Gasteiger partial charge on any atom is 0.211 e. The van der Waals surface area contributed by atoms with Gasteiger partial charge in [-0.25, -0.2) is 0 Å². The molecule has 7 heteroatoms. The van der Waals surface area contributed by atoms with E-state index in [0.29, 0.717) is 12.1 Å². The van der Waals surface area contributed by atoms with Crippen molar-refractivity contribution < 1.29 is 9.53 Å². The minimum absolute atomic E-state index is 0.696. The summed E-state index contributed by atoms with van der Waals surface area (Å²) in [6.07, 6.45) is 0.696. The molecule has 0 atom stereocenters. The molecule has 0 saturated carbocycles. The van der Waals surface area contributed by atoms with Crippen molar-refractivity contribution in [2.24, 2.45) is 0 Å². The number of methoxy groups -OCH3 is 1. The zero-order valence-electron chi connectivity index (χ0n) is 15.8. The highest BCUT2D eigenvalue weighted by atomic mass is 16.5. The third kappa shape index (κ3) is 3.51. The van der Waals surface area contributed by atoms with E-state index in [9.17, 15) is 4.79 Å². The molecule has 2 N–H and O–H groups in total. The van der Waals surface area contributed by atoms with E-state index >= 15 is 0 Å². The van der Waals surface area contributed by atoms with Crippen LogP contribution < -0.4 is 19.9 Å². The van der Waals surface area contributed by atoms with E-state index in [1.165, 1.54) is 5.69 Å². The largest absolute Gasteiger partial charge is 0.497 e. The van der Waals surface area contributed by atoms with E-state index in [0.717, 1.165) is 49.0 Å². The summed E-state index contributed by atoms with van der Waals surface area (Å²) >= 11 is 0. The summed E-state index contributed by atoms with van der Waals surface area (Å²) < 4.78 is 5.22. The number of anilines is 3. The molecule has 0 aliphatic carbocycles. The molecule has 1 aliphatic rings. The molecule has 0 spiro atoms. The molecular weight excluding hydrogens is 354 g/mol. The van der Waals surface area contributed by atoms with Crippen molar-refractivity contribution in [3.8, 4) is 17.0 Å². The van der Waals surface area contributed by atoms with Gasteiger partial charge in [0.15, 0.2) is 5.82 Å². The third-order valence-corrected chi connectivity index (χ3v) is 5.03. The number of H-pyrrole nitrogens is 1. The van der Waals surface area contributed by atoms with Crippen LogP contribution in [0.2, 0.25) is 0 Å². The second kappa shape index (κ2) is 8.04. The average molecular weight is 377 g/mol. The number of aromatic amines is 1. The van der Waals surface area contributed by atoms with Gasteiger partial charge in [-0.05, 0) is 36.4 Å². The van der Waals surface area contributed by atoms with E-state index < -0.39 is 0 Å². The molecule has 2 heterocycles. The predicted molar refractivity (Wildman–Crippen MR) is 111 cm³/mol. The van der Waals surface area contributed by atoms with Crippen LogP contribution in [0.25, 0.3) is 11.3 Å². The summed E-state index contributed by atoms with van der Waals surface area (Å²) in [7, 11) is 1.64. The number of benzene rings is 2. The van der Waals surface area contributed by atoms with Gasteiger partial charge in [0, 0.05) is 37.4 Å². The monoisotopic (exact) mass is 377 g/mol. The zero-order chi connectivity index (χ0) is 19.3. The van der Waals surface area contributed by atoms with Gasteiger partial charge in [-0.15, -0.1) is 0 Å². The summed E-state index contributed by atoms with van der Waals surface area (Å²) in [5.74, 6) is 1.55. The number of ether oxygens (including phenoxy) is 1. The molecule has 2 aromatic carbocycles. The normalized spacial score (nSPS) is 14.0. The summed E-state index contributed by atoms with van der Waals surface area (Å²) in [4.78, 5) is 15.8. The lowest BCUT2D eigenvalue weighted by atomic mass is 10.1. The van der Waals surface area contributed by atoms with Crippen molar-refractivity contribution in [1.82, 2.24) is 10.2 Å². The van der Waals surface area contributed by atoms with Crippen molar-refractivity contribution in [3.05, 3.63) is 54.6 Å². The predicted octanol–water partition coefficient (Wildman–Crippen LogP) is 2.98. The molecule has 7 nitrogen and oxygen atoms in total. The lowest BCUT2D eigenvalue weighted by Gasteiger charge is -2.36. The molecule has 4 rings (SSSR count). The maximum atomic E-state index is 11.2. The molecular formula is C21H23N5O2. The highest BCUT2D eigenvalue weighted by molar-refractivity contribution is 5.90. The van der Waals surface area contributed by atoms with Gasteiger partial charge in [0.1, 0.15) is 11.4 Å². The molecule has 144 valence electrons. The molecule has 1 amide bonds. The average Bonchev–Trinajstić information content (AvgIpc) is 3.18. The lowest BCUT2D eigenvalue weighted by molar-refractivity contribution is -0.105. The van der Waals surface area contributed by atoms with Crippen LogP contribution in [0.5, 0.6) is 5.75 Å². The van der Waals surface area contributed by atoms with E-state index in [1.54, 1.807) is 7.11 Å². The van der Waals surface area contributed by atoms with Crippen molar-refractivity contribution in [2.45, 2.75) is 0 Å². The van der Waals surface area contributed by atoms with Crippen molar-refractivity contribution >= 4 is 23.6 Å². The molecule has 0 bridgehead atoms. The van der Waals surface area contributed by atoms with Crippen LogP contribution in [0.3, 0.4) is 0 Å². The number of nitrogens with one attached hydrogen (secondary N) is 2. The Morgan fingerprint density at radius 2 is 1.68 bits per heavy atom. The van der Waals surface area contributed by atoms with E-state index in [1.807, 2.05) is 30.3 Å². The van der Waals surface area contributed by atoms with Gasteiger partial charge >= 0.3 is 0 Å². The maximum absolute atomic E-state index is 11.2. The Hall–Kier alpha value is -3.48. The highest BCUT2D eigenvalue weighted by Gasteiger charge is 2.24. The number of piperazine rings is 1. The van der Waals surface area contributed by atoms with Crippen molar-refractivity contribution in [1.29, 1.82) is 0 Å². The number of aromatic nitrogens is 2. The van der Waals surface area contributed by atoms with Crippen molar-refractivity contribution in [2.75, 3.05) is 48.4 Å². The fourth-order valence-corrected chi connectivity index (χ4v) is 3.54. The van der Waals surface area contributed by atoms with Gasteiger partial charge < -0.3 is 19.9 Å². The fraction of sp³-hybridized carbons (Fsp3) is 0.238. The second-order valence-corrected chi connectivity index (χ2v) is 6.60. The number of carbonyl (C=O) groups is 1. The molecule has 1 fully saturated rings. The Kier molecular flexibility index (Phi) is 5.14. The molecule has 28 heavy (non-hydrogen) atoms. The summed E-state index contributed by atoms with van der Waals surface area (Å²) in [6.45, 7) is 3.45. The Morgan fingerprint density at radius 3 is 2.32 bits per heavy atom. The summed E-state index contributed by atoms with van der Waals surface area (Å²) in [6, 6.07) is 18.1. The highest BCUT2D eigenvalue weighted by Crippen LogP contribution is 2.35. The van der Waals surface area contributed by atoms with Gasteiger partial charge in [-0.1, -0.05) is 18.2 Å². The summed E-state index contributed by atoms with van der Waals surface area (Å²) in [5, 5.41) is 10.4. The molecule has 1 aliphatic heterocycles. The lowest BCUT2D eigenvalue weighted by Crippen LogP contribution is -2.46. The molecule has 0 radical (unpaired) electrons. The van der Waals surface area contributed by atoms with Gasteiger partial charge in [0.25, 0.3) is 0 Å². The summed E-state index contributed by atoms with van der Waals surface area (Å²) in [5.41, 5.74) is 3.66. The first-order chi connectivity index (χ1) is 13.8. The van der Waals surface area contributed by atoms with Crippen molar-refractivity contribution in [3.63, 3.8) is 0 Å². The number of carbonyl (C=O) groups excluding carboxylic acids is 1. The number of hydrogen-bond donors (Lipinski definition) is 2. The van der Waals surface area contributed by atoms with E-state index in [4.69, 9.17) is 4.74 Å². The minimum Gasteiger partial charge on any atom is -0.497 e. The SMILES string of the molecule is COc1ccc(-c2[nH]nc(N3CCN(c4ccccc4)CC3)c2NC=O)cc1. The first-order valence-electron chi connectivity index (χ1n) is 9.28. The Bertz CT molecular complexity index is 916. The van der Waals surface area contributed by atoms with Gasteiger partial charge in [0.2, 0.25) is 6.41 Å². The van der Waals surface area contributed by atoms with E-state index in [2.05, 4.69) is 49.6 Å². The zero-order valence-corrected chi connectivity index (χ0v) is 15.8. The van der Waals surface area contributed by atoms with Crippen LogP contribution in [-0.2, 0) is 4.79 Å². The second-order valence-electron chi connectivity index (χ2n) is 6.60. The number of amides is 1. The van der Waals surface area contributed by atoms with Gasteiger partial charge in [-0.3, -0.25) is 9.89 Å². The quantitative estimate of drug-likeness (QED) is 0.646. The van der Waals surface area contributed by atoms with Crippen LogP contribution in [-0.4, -0.2) is 49.9 Å². The van der Waals surface area contributed by atoms with Crippen LogP contribution in [0.1, 0.15) is 0 Å². The standard InChI is InChI=1S/C21H23N5O2/c1-28-18-9-7-16(8-10-18)19-20(22-15-27)21(24-23-19)26-13-11-25(12-14-26)17-5-3-2-4-6-17/h2-10,15H,11-14H2,1H3,(H,22,27)(H,23,24). The number of rotatable bonds is 6. The fourth-order valence-electron chi connectivity index (χ4n) is 3.54. The van der Waals surface area contributed by atoms with Crippen LogP contribution in [0.15, 0.2) is 54.6 Å². The number of hydrogen-bond acceptors (Lipinski definition) is 5. The molecule has 1 saturated heterocycles. The van der Waals surface area contributed by atoms with Crippen LogP contribution in [0, 0.1) is 0 Å². The number of para-hydroxylation sites is 1. The molecule has 0 unspecified atom stereocenters. The Labute approximate surface area is 163 Å². The van der Waals surface area contributed by atoms with E-state index in [-0.39, 0.29) is 0 Å². The first-order valence-corrected chi connectivity index (χ1v) is 9.28. The molecule has 3 aromatic rings. The van der Waals surface area contributed by atoms with Crippen LogP contribution in [0.4, 0.5) is 17.2 Å². The third-order valence-electron chi connectivity index (χ3n) is 5.03. The molecule has 1 aromatic heterocycles. The minimum atomic E-state index is 0.696. The topological polar surface area (TPSA) is 73.5 Å².